The Morgan fingerprint density at radius 2 is 2.13 bits per heavy atom. The first-order valence-corrected chi connectivity index (χ1v) is 11.0. The van der Waals surface area contributed by atoms with Crippen LogP contribution in [0.3, 0.4) is 0 Å². The maximum absolute atomic E-state index is 14.4. The fourth-order valence-electron chi connectivity index (χ4n) is 2.91. The molecule has 0 spiro atoms. The van der Waals surface area contributed by atoms with Crippen molar-refractivity contribution in [1.82, 2.24) is 10.2 Å². The average Bonchev–Trinajstić information content (AvgIpc) is 2.76. The number of rotatable bonds is 8. The van der Waals surface area contributed by atoms with Gasteiger partial charge in [0.15, 0.2) is 5.70 Å². The van der Waals surface area contributed by atoms with Gasteiger partial charge in [-0.25, -0.2) is 9.18 Å². The Balaban J connectivity index is 1.60. The topological polar surface area (TPSA) is 143 Å². The number of nitrogens with zero attached hydrogens (tertiary/aromatic N) is 3. The number of ether oxygens (including phenoxy) is 1. The second kappa shape index (κ2) is 9.80. The normalized spacial score (nSPS) is 19.7. The van der Waals surface area contributed by atoms with E-state index in [0.29, 0.717) is 5.56 Å². The number of hydrogen-bond acceptors (Lipinski definition) is 9. The molecule has 2 atom stereocenters. The molecule has 10 nitrogen and oxygen atoms in total. The van der Waals surface area contributed by atoms with Gasteiger partial charge in [-0.05, 0) is 17.7 Å². The van der Waals surface area contributed by atoms with Crippen LogP contribution in [0.4, 0.5) is 10.1 Å². The molecule has 2 heterocycles. The zero-order valence-electron chi connectivity index (χ0n) is 15.8. The third kappa shape index (κ3) is 4.97. The highest BCUT2D eigenvalue weighted by molar-refractivity contribution is 8.00. The smallest absolute Gasteiger partial charge is 0.358 e. The fraction of sp³-hybridized carbons (Fsp3) is 0.333. The average molecular weight is 466 g/mol. The first kappa shape index (κ1) is 22.6. The largest absolute Gasteiger partial charge is 0.456 e. The van der Waals surface area contributed by atoms with E-state index in [1.807, 2.05) is 6.07 Å². The van der Waals surface area contributed by atoms with Gasteiger partial charge >= 0.3 is 5.97 Å². The summed E-state index contributed by atoms with van der Waals surface area (Å²) < 4.78 is 19.4. The monoisotopic (exact) mass is 466 g/mol. The van der Waals surface area contributed by atoms with Crippen molar-refractivity contribution in [3.8, 4) is 6.07 Å². The second-order valence-electron chi connectivity index (χ2n) is 6.36. The highest BCUT2D eigenvalue weighted by atomic mass is 32.2. The van der Waals surface area contributed by atoms with E-state index in [0.717, 1.165) is 28.4 Å². The van der Waals surface area contributed by atoms with E-state index in [9.17, 15) is 28.9 Å². The Kier molecular flexibility index (Phi) is 7.13. The molecule has 2 aliphatic heterocycles. The predicted molar refractivity (Wildman–Crippen MR) is 109 cm³/mol. The molecule has 1 N–H and O–H groups in total. The number of halogens is 1. The molecule has 0 aliphatic carbocycles. The summed E-state index contributed by atoms with van der Waals surface area (Å²) in [6.45, 7) is -0.260. The molecule has 0 aromatic heterocycles. The van der Waals surface area contributed by atoms with Crippen molar-refractivity contribution in [2.45, 2.75) is 18.0 Å². The van der Waals surface area contributed by atoms with Gasteiger partial charge in [0.25, 0.3) is 11.6 Å². The summed E-state index contributed by atoms with van der Waals surface area (Å²) >= 11 is 2.17. The van der Waals surface area contributed by atoms with Crippen LogP contribution >= 0.6 is 23.5 Å². The van der Waals surface area contributed by atoms with Gasteiger partial charge < -0.3 is 10.1 Å². The standard InChI is InChI=1S/C18H15FN4O6S2/c19-12-8-31-17-14(21-13(24)9-30-6-5-20)16(25)22(17)15(12)18(26)29-7-10-1-3-11(4-2-10)23(27)28/h1-4,14,17H,6-9H2,(H,21,24)/t14?,17-/m1/s1. The summed E-state index contributed by atoms with van der Waals surface area (Å²) in [7, 11) is 0. The summed E-state index contributed by atoms with van der Waals surface area (Å²) in [5.41, 5.74) is -0.169. The summed E-state index contributed by atoms with van der Waals surface area (Å²) in [4.78, 5) is 47.9. The third-order valence-corrected chi connectivity index (χ3v) is 6.39. The van der Waals surface area contributed by atoms with Crippen LogP contribution in [0.5, 0.6) is 0 Å². The Hall–Kier alpha value is -3.11. The van der Waals surface area contributed by atoms with E-state index in [-0.39, 0.29) is 29.6 Å². The van der Waals surface area contributed by atoms with E-state index in [2.05, 4.69) is 5.32 Å². The molecule has 1 aromatic rings. The molecule has 2 amide bonds. The number of fused-ring (bicyclic) bond motifs is 1. The highest BCUT2D eigenvalue weighted by Crippen LogP contribution is 2.41. The van der Waals surface area contributed by atoms with Crippen molar-refractivity contribution in [3.05, 3.63) is 51.5 Å². The van der Waals surface area contributed by atoms with Crippen LogP contribution in [0, 0.1) is 21.4 Å². The summed E-state index contributed by atoms with van der Waals surface area (Å²) in [5, 5.41) is 21.1. The van der Waals surface area contributed by atoms with Crippen molar-refractivity contribution in [1.29, 1.82) is 5.26 Å². The maximum atomic E-state index is 14.4. The number of nitro benzene ring substituents is 1. The fourth-order valence-corrected chi connectivity index (χ4v) is 4.56. The van der Waals surface area contributed by atoms with E-state index in [4.69, 9.17) is 10.00 Å². The summed E-state index contributed by atoms with van der Waals surface area (Å²) in [6, 6.07) is 6.29. The van der Waals surface area contributed by atoms with Crippen LogP contribution < -0.4 is 5.32 Å². The Bertz CT molecular complexity index is 994. The van der Waals surface area contributed by atoms with Crippen LogP contribution in [-0.2, 0) is 25.7 Å². The van der Waals surface area contributed by atoms with Crippen molar-refractivity contribution >= 4 is 47.0 Å². The lowest BCUT2D eigenvalue weighted by Gasteiger charge is -2.48. The van der Waals surface area contributed by atoms with Crippen molar-refractivity contribution in [2.24, 2.45) is 0 Å². The Labute approximate surface area is 183 Å². The summed E-state index contributed by atoms with van der Waals surface area (Å²) in [5.74, 6) is -2.93. The van der Waals surface area contributed by atoms with Gasteiger partial charge in [0.1, 0.15) is 23.8 Å². The van der Waals surface area contributed by atoms with Crippen LogP contribution in [0.2, 0.25) is 0 Å². The molecule has 1 fully saturated rings. The minimum atomic E-state index is -1.04. The molecule has 1 unspecified atom stereocenters. The molecule has 13 heteroatoms. The molecule has 162 valence electrons. The van der Waals surface area contributed by atoms with Crippen LogP contribution in [0.15, 0.2) is 35.8 Å². The second-order valence-corrected chi connectivity index (χ2v) is 8.45. The SMILES string of the molecule is N#CCSCC(=O)NC1C(=O)N2C(C(=O)OCc3ccc([N+](=O)[O-])cc3)=C(F)CS[C@H]12. The zero-order chi connectivity index (χ0) is 22.5. The van der Waals surface area contributed by atoms with Crippen molar-refractivity contribution in [2.75, 3.05) is 17.3 Å². The van der Waals surface area contributed by atoms with E-state index in [1.54, 1.807) is 0 Å². The molecule has 2 aliphatic rings. The maximum Gasteiger partial charge on any atom is 0.358 e. The molecule has 0 radical (unpaired) electrons. The number of carbonyl (C=O) groups is 3. The van der Waals surface area contributed by atoms with Crippen LogP contribution in [0.1, 0.15) is 5.56 Å². The number of β-lactam (4-membered cyclic amide) rings is 1. The van der Waals surface area contributed by atoms with E-state index >= 15 is 0 Å². The minimum Gasteiger partial charge on any atom is -0.456 e. The van der Waals surface area contributed by atoms with Crippen LogP contribution in [0.25, 0.3) is 0 Å². The number of non-ortho nitro benzene ring substituents is 1. The molecule has 1 saturated heterocycles. The van der Waals surface area contributed by atoms with Gasteiger partial charge in [0.2, 0.25) is 5.91 Å². The van der Waals surface area contributed by atoms with Gasteiger partial charge in [-0.15, -0.1) is 23.5 Å². The number of nitriles is 1. The number of benzene rings is 1. The lowest BCUT2D eigenvalue weighted by molar-refractivity contribution is -0.384. The van der Waals surface area contributed by atoms with Gasteiger partial charge in [-0.2, -0.15) is 5.26 Å². The zero-order valence-corrected chi connectivity index (χ0v) is 17.4. The lowest BCUT2D eigenvalue weighted by atomic mass is 10.0. The molecule has 0 saturated carbocycles. The quantitative estimate of drug-likeness (QED) is 0.198. The van der Waals surface area contributed by atoms with Crippen molar-refractivity contribution in [3.63, 3.8) is 0 Å². The van der Waals surface area contributed by atoms with Crippen LogP contribution in [-0.4, -0.2) is 56.3 Å². The number of esters is 1. The number of amides is 2. The van der Waals surface area contributed by atoms with Gasteiger partial charge in [-0.1, -0.05) is 0 Å². The number of nitrogens with one attached hydrogen (secondary N) is 1. The minimum absolute atomic E-state index is 0.00304. The number of nitro groups is 1. The van der Waals surface area contributed by atoms with Gasteiger partial charge in [0.05, 0.1) is 22.5 Å². The molecular formula is C18H15FN4O6S2. The molecular weight excluding hydrogens is 451 g/mol. The molecule has 31 heavy (non-hydrogen) atoms. The van der Waals surface area contributed by atoms with E-state index in [1.165, 1.54) is 24.3 Å². The first-order chi connectivity index (χ1) is 14.8. The summed E-state index contributed by atoms with van der Waals surface area (Å²) in [6.07, 6.45) is 0. The van der Waals surface area contributed by atoms with Crippen molar-refractivity contribution < 1.29 is 28.4 Å². The van der Waals surface area contributed by atoms with E-state index < -0.39 is 45.6 Å². The number of hydrogen-bond donors (Lipinski definition) is 1. The highest BCUT2D eigenvalue weighted by Gasteiger charge is 2.54. The molecule has 1 aromatic carbocycles. The Morgan fingerprint density at radius 3 is 2.77 bits per heavy atom. The lowest BCUT2D eigenvalue weighted by Crippen LogP contribution is -2.70. The third-order valence-electron chi connectivity index (χ3n) is 4.35. The number of thioether (sulfide) groups is 2. The van der Waals surface area contributed by atoms with Gasteiger partial charge in [0, 0.05) is 17.9 Å². The molecule has 3 rings (SSSR count). The van der Waals surface area contributed by atoms with Gasteiger partial charge in [-0.3, -0.25) is 24.6 Å². The Morgan fingerprint density at radius 1 is 1.42 bits per heavy atom. The number of carbonyl (C=O) groups excluding carboxylic acids is 3. The predicted octanol–water partition coefficient (Wildman–Crippen LogP) is 1.48. The first-order valence-electron chi connectivity index (χ1n) is 8.81. The molecule has 0 bridgehead atoms.